The third-order valence-corrected chi connectivity index (χ3v) is 3.37. The van der Waals surface area contributed by atoms with E-state index in [9.17, 15) is 4.79 Å². The van der Waals surface area contributed by atoms with Crippen molar-refractivity contribution in [1.29, 1.82) is 0 Å². The van der Waals surface area contributed by atoms with Crippen LogP contribution in [0.3, 0.4) is 0 Å². The number of aromatic nitrogens is 1. The number of carbonyl (C=O) groups is 1. The van der Waals surface area contributed by atoms with E-state index in [1.807, 2.05) is 0 Å². The van der Waals surface area contributed by atoms with E-state index in [1.165, 1.54) is 12.3 Å². The van der Waals surface area contributed by atoms with Crippen molar-refractivity contribution in [2.24, 2.45) is 0 Å². The number of hydrogen-bond acceptors (Lipinski definition) is 2. The Balaban J connectivity index is 2.99. The predicted octanol–water partition coefficient (Wildman–Crippen LogP) is 3.65. The smallest absolute Gasteiger partial charge is 0.255 e. The quantitative estimate of drug-likeness (QED) is 0.786. The minimum absolute atomic E-state index is 0.118. The molecule has 0 radical (unpaired) electrons. The maximum atomic E-state index is 12.2. The highest BCUT2D eigenvalue weighted by atomic mass is 35.5. The average molecular weight is 275 g/mol. The minimum Gasteiger partial charge on any atom is -0.339 e. The first kappa shape index (κ1) is 14.3. The number of halogens is 2. The molecule has 0 unspecified atom stereocenters. The van der Waals surface area contributed by atoms with E-state index in [4.69, 9.17) is 23.2 Å². The van der Waals surface area contributed by atoms with Gasteiger partial charge in [-0.1, -0.05) is 37.0 Å². The maximum Gasteiger partial charge on any atom is 0.255 e. The van der Waals surface area contributed by atoms with Crippen molar-refractivity contribution in [2.45, 2.75) is 32.7 Å². The van der Waals surface area contributed by atoms with E-state index >= 15 is 0 Å². The van der Waals surface area contributed by atoms with Crippen molar-refractivity contribution in [3.05, 3.63) is 28.0 Å². The zero-order chi connectivity index (χ0) is 13.0. The van der Waals surface area contributed by atoms with Crippen LogP contribution in [0.2, 0.25) is 10.2 Å². The second-order valence-corrected chi connectivity index (χ2v) is 4.67. The Hall–Kier alpha value is -0.800. The molecule has 0 aromatic carbocycles. The van der Waals surface area contributed by atoms with Crippen LogP contribution in [-0.2, 0) is 0 Å². The Morgan fingerprint density at radius 1 is 1.41 bits per heavy atom. The van der Waals surface area contributed by atoms with Gasteiger partial charge in [-0.05, 0) is 18.9 Å². The molecule has 17 heavy (non-hydrogen) atoms. The SMILES string of the molecule is CCC(CC)N(C)C(=O)c1cc(Cl)ncc1Cl. The first-order valence-electron chi connectivity index (χ1n) is 5.59. The number of rotatable bonds is 4. The van der Waals surface area contributed by atoms with Crippen molar-refractivity contribution >= 4 is 29.1 Å². The maximum absolute atomic E-state index is 12.2. The molecular weight excluding hydrogens is 259 g/mol. The standard InChI is InChI=1S/C12H16Cl2N2O/c1-4-8(5-2)16(3)12(17)9-6-11(14)15-7-10(9)13/h6-8H,4-5H2,1-3H3. The number of nitrogens with zero attached hydrogens (tertiary/aromatic N) is 2. The van der Waals surface area contributed by atoms with Crippen LogP contribution in [0, 0.1) is 0 Å². The molecule has 5 heteroatoms. The summed E-state index contributed by atoms with van der Waals surface area (Å²) in [6.45, 7) is 4.11. The van der Waals surface area contributed by atoms with E-state index in [1.54, 1.807) is 11.9 Å². The molecular formula is C12H16Cl2N2O. The fourth-order valence-electron chi connectivity index (χ4n) is 1.77. The third-order valence-electron chi connectivity index (χ3n) is 2.86. The van der Waals surface area contributed by atoms with Gasteiger partial charge in [-0.2, -0.15) is 0 Å². The van der Waals surface area contributed by atoms with Gasteiger partial charge in [-0.25, -0.2) is 4.98 Å². The Labute approximate surface area is 112 Å². The second kappa shape index (κ2) is 6.22. The lowest BCUT2D eigenvalue weighted by Gasteiger charge is -2.26. The van der Waals surface area contributed by atoms with Crippen molar-refractivity contribution < 1.29 is 4.79 Å². The lowest BCUT2D eigenvalue weighted by Crippen LogP contribution is -2.36. The van der Waals surface area contributed by atoms with Crippen molar-refractivity contribution in [2.75, 3.05) is 7.05 Å². The average Bonchev–Trinajstić information content (AvgIpc) is 2.32. The lowest BCUT2D eigenvalue weighted by molar-refractivity contribution is 0.0724. The summed E-state index contributed by atoms with van der Waals surface area (Å²) in [4.78, 5) is 17.8. The minimum atomic E-state index is -0.118. The number of pyridine rings is 1. The van der Waals surface area contributed by atoms with Crippen LogP contribution in [0.5, 0.6) is 0 Å². The summed E-state index contributed by atoms with van der Waals surface area (Å²) in [5.74, 6) is -0.118. The molecule has 1 aromatic rings. The molecule has 0 aliphatic rings. The fourth-order valence-corrected chi connectivity index (χ4v) is 2.11. The zero-order valence-corrected chi connectivity index (χ0v) is 11.7. The molecule has 0 bridgehead atoms. The molecule has 0 spiro atoms. The number of carbonyl (C=O) groups excluding carboxylic acids is 1. The molecule has 0 saturated carbocycles. The second-order valence-electron chi connectivity index (χ2n) is 3.87. The first-order chi connectivity index (χ1) is 8.01. The van der Waals surface area contributed by atoms with Crippen LogP contribution in [-0.4, -0.2) is 28.9 Å². The van der Waals surface area contributed by atoms with Crippen LogP contribution in [0.4, 0.5) is 0 Å². The molecule has 3 nitrogen and oxygen atoms in total. The molecule has 1 rings (SSSR count). The van der Waals surface area contributed by atoms with Gasteiger partial charge in [0.05, 0.1) is 10.6 Å². The van der Waals surface area contributed by atoms with Crippen LogP contribution in [0.15, 0.2) is 12.3 Å². The largest absolute Gasteiger partial charge is 0.339 e. The van der Waals surface area contributed by atoms with Crippen molar-refractivity contribution in [1.82, 2.24) is 9.88 Å². The zero-order valence-electron chi connectivity index (χ0n) is 10.2. The summed E-state index contributed by atoms with van der Waals surface area (Å²) in [6.07, 6.45) is 3.22. The van der Waals surface area contributed by atoms with Crippen molar-refractivity contribution in [3.63, 3.8) is 0 Å². The van der Waals surface area contributed by atoms with Gasteiger partial charge in [-0.3, -0.25) is 4.79 Å². The van der Waals surface area contributed by atoms with E-state index in [2.05, 4.69) is 18.8 Å². The topological polar surface area (TPSA) is 33.2 Å². The molecule has 0 N–H and O–H groups in total. The Morgan fingerprint density at radius 3 is 2.53 bits per heavy atom. The van der Waals surface area contributed by atoms with Crippen LogP contribution in [0.1, 0.15) is 37.0 Å². The van der Waals surface area contributed by atoms with E-state index in [-0.39, 0.29) is 17.1 Å². The van der Waals surface area contributed by atoms with E-state index in [0.717, 1.165) is 12.8 Å². The van der Waals surface area contributed by atoms with Gasteiger partial charge in [0.15, 0.2) is 0 Å². The summed E-state index contributed by atoms with van der Waals surface area (Å²) < 4.78 is 0. The van der Waals surface area contributed by atoms with Crippen LogP contribution < -0.4 is 0 Å². The predicted molar refractivity (Wildman–Crippen MR) is 70.7 cm³/mol. The van der Waals surface area contributed by atoms with E-state index < -0.39 is 0 Å². The highest BCUT2D eigenvalue weighted by Gasteiger charge is 2.20. The summed E-state index contributed by atoms with van der Waals surface area (Å²) >= 11 is 11.7. The molecule has 94 valence electrons. The van der Waals surface area contributed by atoms with Crippen LogP contribution >= 0.6 is 23.2 Å². The highest BCUT2D eigenvalue weighted by Crippen LogP contribution is 2.21. The van der Waals surface area contributed by atoms with Crippen LogP contribution in [0.25, 0.3) is 0 Å². The summed E-state index contributed by atoms with van der Waals surface area (Å²) in [7, 11) is 1.78. The van der Waals surface area contributed by atoms with E-state index in [0.29, 0.717) is 10.6 Å². The first-order valence-corrected chi connectivity index (χ1v) is 6.35. The summed E-state index contributed by atoms with van der Waals surface area (Å²) in [6, 6.07) is 1.72. The summed E-state index contributed by atoms with van der Waals surface area (Å²) in [5.41, 5.74) is 0.404. The van der Waals surface area contributed by atoms with Gasteiger partial charge in [0, 0.05) is 19.3 Å². The van der Waals surface area contributed by atoms with Gasteiger partial charge >= 0.3 is 0 Å². The molecule has 0 aliphatic carbocycles. The Kier molecular flexibility index (Phi) is 5.22. The number of amides is 1. The molecule has 0 saturated heterocycles. The molecule has 0 fully saturated rings. The van der Waals surface area contributed by atoms with Crippen molar-refractivity contribution in [3.8, 4) is 0 Å². The third kappa shape index (κ3) is 3.33. The van der Waals surface area contributed by atoms with Gasteiger partial charge in [-0.15, -0.1) is 0 Å². The number of hydrogen-bond donors (Lipinski definition) is 0. The Bertz CT molecular complexity index is 405. The molecule has 1 amide bonds. The molecule has 0 aliphatic heterocycles. The highest BCUT2D eigenvalue weighted by molar-refractivity contribution is 6.35. The van der Waals surface area contributed by atoms with Gasteiger partial charge in [0.1, 0.15) is 5.15 Å². The monoisotopic (exact) mass is 274 g/mol. The molecule has 1 heterocycles. The van der Waals surface area contributed by atoms with Gasteiger partial charge in [0.2, 0.25) is 0 Å². The summed E-state index contributed by atoms with van der Waals surface area (Å²) in [5, 5.41) is 0.605. The molecule has 1 aromatic heterocycles. The van der Waals surface area contributed by atoms with Gasteiger partial charge < -0.3 is 4.90 Å². The molecule has 0 atom stereocenters. The lowest BCUT2D eigenvalue weighted by atomic mass is 10.1. The fraction of sp³-hybridized carbons (Fsp3) is 0.500. The Morgan fingerprint density at radius 2 is 2.00 bits per heavy atom. The normalized spacial score (nSPS) is 10.7. The van der Waals surface area contributed by atoms with Gasteiger partial charge in [0.25, 0.3) is 5.91 Å².